The van der Waals surface area contributed by atoms with Gasteiger partial charge in [0.05, 0.1) is 12.1 Å². The summed E-state index contributed by atoms with van der Waals surface area (Å²) in [5.74, 6) is -0.761. The van der Waals surface area contributed by atoms with Crippen LogP contribution in [0.4, 0.5) is 0 Å². The molecule has 2 heterocycles. The predicted molar refractivity (Wildman–Crippen MR) is 223 cm³/mol. The number of hydrogen-bond donors (Lipinski definition) is 2. The van der Waals surface area contributed by atoms with E-state index in [1.54, 1.807) is 35.9 Å². The average molecular weight is 770 g/mol. The molecule has 2 aromatic rings. The van der Waals surface area contributed by atoms with Crippen LogP contribution < -0.4 is 10.6 Å². The topological polar surface area (TPSA) is 119 Å². The lowest BCUT2D eigenvalue weighted by atomic mass is 9.84. The number of likely N-dealkylation sites (N-methyl/N-ethyl adjacent to an activating group) is 1. The first kappa shape index (κ1) is 44.4. The molecule has 2 N–H and O–H groups in total. The number of amides is 4. The van der Waals surface area contributed by atoms with Gasteiger partial charge in [0.2, 0.25) is 23.6 Å². The molecule has 6 atom stereocenters. The molecule has 4 rings (SSSR count). The summed E-state index contributed by atoms with van der Waals surface area (Å²) in [7, 11) is 1.75. The fourth-order valence-electron chi connectivity index (χ4n) is 8.11. The number of rotatable bonds is 15. The van der Waals surface area contributed by atoms with E-state index in [0.29, 0.717) is 36.1 Å². The molecule has 0 aromatic heterocycles. The number of ketones is 1. The van der Waals surface area contributed by atoms with Gasteiger partial charge >= 0.3 is 0 Å². The summed E-state index contributed by atoms with van der Waals surface area (Å²) in [6.45, 7) is 19.3. The molecule has 1 unspecified atom stereocenters. The third-order valence-corrected chi connectivity index (χ3v) is 11.6. The van der Waals surface area contributed by atoms with Crippen molar-refractivity contribution in [3.8, 4) is 0 Å². The Morgan fingerprint density at radius 2 is 1.43 bits per heavy atom. The smallest absolute Gasteiger partial charge is 0.249 e. The zero-order chi connectivity index (χ0) is 41.3. The van der Waals surface area contributed by atoms with Crippen molar-refractivity contribution in [3.05, 3.63) is 82.9 Å². The first-order valence-corrected chi connectivity index (χ1v) is 20.8. The lowest BCUT2D eigenvalue weighted by Crippen LogP contribution is -2.60. The first-order valence-electron chi connectivity index (χ1n) is 20.8. The minimum atomic E-state index is -0.755. The normalized spacial score (nSPS) is 20.2. The Morgan fingerprint density at radius 3 is 2.04 bits per heavy atom. The van der Waals surface area contributed by atoms with Crippen LogP contribution in [0.5, 0.6) is 0 Å². The van der Waals surface area contributed by atoms with Crippen LogP contribution >= 0.6 is 0 Å². The number of carbonyl (C=O) groups excluding carboxylic acids is 5. The lowest BCUT2D eigenvalue weighted by molar-refractivity contribution is -0.142. The number of nitrogens with zero attached hydrogens (tertiary/aromatic N) is 3. The molecule has 0 saturated carbocycles. The van der Waals surface area contributed by atoms with Gasteiger partial charge in [-0.1, -0.05) is 109 Å². The molecule has 0 aliphatic carbocycles. The molecule has 10 nitrogen and oxygen atoms in total. The van der Waals surface area contributed by atoms with Gasteiger partial charge in [-0.2, -0.15) is 0 Å². The molecule has 56 heavy (non-hydrogen) atoms. The SMILES string of the molecule is CCC(C)N1CCCC[C@@H]1C(=O)N[C@H](C(=O)N(C)[C@H](C=C(C)C(=O)N1CCC[C@H]1C(=O)N[C@H](C)Cc1ccc(C(=O)c2ccccc2)cc1)C(C)C)C(C)(C)C. The number of benzene rings is 2. The van der Waals surface area contributed by atoms with Crippen LogP contribution in [0.25, 0.3) is 0 Å². The molecule has 2 fully saturated rings. The second-order valence-corrected chi connectivity index (χ2v) is 17.5. The molecule has 2 saturated heterocycles. The number of carbonyl (C=O) groups is 5. The van der Waals surface area contributed by atoms with Crippen LogP contribution in [-0.2, 0) is 25.6 Å². The van der Waals surface area contributed by atoms with Crippen molar-refractivity contribution >= 4 is 29.4 Å². The zero-order valence-corrected chi connectivity index (χ0v) is 35.6. The van der Waals surface area contributed by atoms with Crippen LogP contribution in [-0.4, -0.2) is 100 Å². The number of piperidine rings is 1. The van der Waals surface area contributed by atoms with E-state index in [1.165, 1.54) is 0 Å². The second kappa shape index (κ2) is 19.7. The van der Waals surface area contributed by atoms with Gasteiger partial charge in [-0.15, -0.1) is 0 Å². The summed E-state index contributed by atoms with van der Waals surface area (Å²) < 4.78 is 0. The second-order valence-electron chi connectivity index (χ2n) is 17.5. The lowest BCUT2D eigenvalue weighted by Gasteiger charge is -2.41. The van der Waals surface area contributed by atoms with Crippen LogP contribution in [0.3, 0.4) is 0 Å². The Morgan fingerprint density at radius 1 is 0.821 bits per heavy atom. The highest BCUT2D eigenvalue weighted by molar-refractivity contribution is 6.09. The van der Waals surface area contributed by atoms with E-state index in [-0.39, 0.29) is 53.5 Å². The van der Waals surface area contributed by atoms with Crippen molar-refractivity contribution in [2.24, 2.45) is 11.3 Å². The van der Waals surface area contributed by atoms with Gasteiger partial charge in [0.15, 0.2) is 5.78 Å². The molecule has 0 spiro atoms. The fraction of sp³-hybridized carbons (Fsp3) is 0.587. The highest BCUT2D eigenvalue weighted by Gasteiger charge is 2.41. The van der Waals surface area contributed by atoms with Crippen molar-refractivity contribution in [1.29, 1.82) is 0 Å². The molecule has 2 aliphatic heterocycles. The summed E-state index contributed by atoms with van der Waals surface area (Å²) in [6, 6.07) is 14.7. The molecule has 0 radical (unpaired) electrons. The third-order valence-electron chi connectivity index (χ3n) is 11.6. The van der Waals surface area contributed by atoms with E-state index in [4.69, 9.17) is 0 Å². The van der Waals surface area contributed by atoms with Crippen molar-refractivity contribution in [2.75, 3.05) is 20.1 Å². The van der Waals surface area contributed by atoms with E-state index < -0.39 is 23.5 Å². The van der Waals surface area contributed by atoms with E-state index >= 15 is 0 Å². The molecule has 4 amide bonds. The van der Waals surface area contributed by atoms with Gasteiger partial charge in [0.25, 0.3) is 0 Å². The maximum Gasteiger partial charge on any atom is 0.249 e. The minimum Gasteiger partial charge on any atom is -0.352 e. The standard InChI is InChI=1S/C46H67N5O5/c1-11-33(6)50-26-16-15-20-37(50)43(54)48-41(46(7,8)9)45(56)49(10)39(30(2)3)28-31(4)44(55)51-27-17-21-38(51)42(53)47-32(5)29-34-22-24-36(25-23-34)40(52)35-18-13-12-14-19-35/h12-14,18-19,22-25,28,30,32-33,37-39,41H,11,15-17,20-21,26-27,29H2,1-10H3,(H,47,53)(H,48,54)/t32-,33?,37-,38+,39-,41-/m1/s1. The minimum absolute atomic E-state index is 0.0219. The van der Waals surface area contributed by atoms with Crippen molar-refractivity contribution in [1.82, 2.24) is 25.3 Å². The Balaban J connectivity index is 1.41. The van der Waals surface area contributed by atoms with Gasteiger partial charge in [0.1, 0.15) is 12.1 Å². The van der Waals surface area contributed by atoms with Crippen LogP contribution in [0.2, 0.25) is 0 Å². The summed E-state index contributed by atoms with van der Waals surface area (Å²) in [5, 5.41) is 6.28. The van der Waals surface area contributed by atoms with Gasteiger partial charge in [-0.25, -0.2) is 0 Å². The van der Waals surface area contributed by atoms with Crippen LogP contribution in [0.15, 0.2) is 66.2 Å². The maximum atomic E-state index is 14.3. The van der Waals surface area contributed by atoms with Crippen molar-refractivity contribution in [2.45, 2.75) is 144 Å². The Bertz CT molecular complexity index is 1700. The zero-order valence-electron chi connectivity index (χ0n) is 35.6. The van der Waals surface area contributed by atoms with Crippen molar-refractivity contribution in [3.63, 3.8) is 0 Å². The summed E-state index contributed by atoms with van der Waals surface area (Å²) >= 11 is 0. The summed E-state index contributed by atoms with van der Waals surface area (Å²) in [4.78, 5) is 74.2. The molecule has 10 heteroatoms. The molecular weight excluding hydrogens is 703 g/mol. The molecule has 0 bridgehead atoms. The maximum absolute atomic E-state index is 14.3. The predicted octanol–water partition coefficient (Wildman–Crippen LogP) is 6.57. The van der Waals surface area contributed by atoms with Gasteiger partial charge < -0.3 is 20.4 Å². The van der Waals surface area contributed by atoms with Crippen LogP contribution in [0.1, 0.15) is 122 Å². The molecule has 306 valence electrons. The van der Waals surface area contributed by atoms with E-state index in [1.807, 2.05) is 90.1 Å². The highest BCUT2D eigenvalue weighted by atomic mass is 16.2. The summed E-state index contributed by atoms with van der Waals surface area (Å²) in [5.41, 5.74) is 2.17. The Hall–Kier alpha value is -4.31. The van der Waals surface area contributed by atoms with E-state index in [9.17, 15) is 24.0 Å². The molecule has 2 aliphatic rings. The van der Waals surface area contributed by atoms with E-state index in [2.05, 4.69) is 29.4 Å². The Labute approximate surface area is 335 Å². The third kappa shape index (κ3) is 11.2. The first-order chi connectivity index (χ1) is 26.4. The van der Waals surface area contributed by atoms with Gasteiger partial charge in [-0.05, 0) is 82.7 Å². The van der Waals surface area contributed by atoms with Gasteiger partial charge in [0, 0.05) is 42.4 Å². The molecule has 2 aromatic carbocycles. The van der Waals surface area contributed by atoms with Crippen LogP contribution in [0, 0.1) is 11.3 Å². The number of nitrogens with one attached hydrogen (secondary N) is 2. The number of hydrogen-bond acceptors (Lipinski definition) is 6. The Kier molecular flexibility index (Phi) is 15.6. The van der Waals surface area contributed by atoms with Crippen molar-refractivity contribution < 1.29 is 24.0 Å². The summed E-state index contributed by atoms with van der Waals surface area (Å²) in [6.07, 6.45) is 7.49. The van der Waals surface area contributed by atoms with Gasteiger partial charge in [-0.3, -0.25) is 28.9 Å². The molecular formula is C46H67N5O5. The fourth-order valence-corrected chi connectivity index (χ4v) is 8.11. The number of likely N-dealkylation sites (tertiary alicyclic amines) is 2. The monoisotopic (exact) mass is 770 g/mol. The quantitative estimate of drug-likeness (QED) is 0.156. The average Bonchev–Trinajstić information content (AvgIpc) is 3.68. The highest BCUT2D eigenvalue weighted by Crippen LogP contribution is 2.27. The van der Waals surface area contributed by atoms with E-state index in [0.717, 1.165) is 44.2 Å². The largest absolute Gasteiger partial charge is 0.352 e.